The van der Waals surface area contributed by atoms with Crippen molar-refractivity contribution in [3.63, 3.8) is 0 Å². The predicted octanol–water partition coefficient (Wildman–Crippen LogP) is 3.20. The van der Waals surface area contributed by atoms with Gasteiger partial charge in [0.2, 0.25) is 0 Å². The van der Waals surface area contributed by atoms with Gasteiger partial charge in [-0.05, 0) is 24.8 Å². The molecule has 2 heteroatoms. The zero-order chi connectivity index (χ0) is 11.9. The summed E-state index contributed by atoms with van der Waals surface area (Å²) in [6, 6.07) is 10.5. The molecule has 2 atom stereocenters. The van der Waals surface area contributed by atoms with E-state index in [1.165, 1.54) is 18.4 Å². The highest BCUT2D eigenvalue weighted by atomic mass is 16.5. The van der Waals surface area contributed by atoms with Crippen molar-refractivity contribution in [3.05, 3.63) is 35.9 Å². The van der Waals surface area contributed by atoms with E-state index in [1.807, 2.05) is 6.07 Å². The van der Waals surface area contributed by atoms with Crippen LogP contribution in [0.5, 0.6) is 0 Å². The first-order valence-corrected chi connectivity index (χ1v) is 6.58. The molecule has 0 aromatic heterocycles. The van der Waals surface area contributed by atoms with Crippen molar-refractivity contribution in [3.8, 4) is 0 Å². The summed E-state index contributed by atoms with van der Waals surface area (Å²) in [4.78, 5) is 0. The summed E-state index contributed by atoms with van der Waals surface area (Å²) in [5.74, 6) is 0. The van der Waals surface area contributed by atoms with E-state index in [1.54, 1.807) is 7.11 Å². The third-order valence-electron chi connectivity index (χ3n) is 3.51. The lowest BCUT2D eigenvalue weighted by Gasteiger charge is -2.30. The molecule has 0 N–H and O–H groups in total. The molecule has 0 radical (unpaired) electrons. The van der Waals surface area contributed by atoms with Crippen molar-refractivity contribution < 1.29 is 9.47 Å². The zero-order valence-electron chi connectivity index (χ0n) is 10.6. The van der Waals surface area contributed by atoms with Gasteiger partial charge < -0.3 is 9.47 Å². The van der Waals surface area contributed by atoms with Crippen molar-refractivity contribution in [1.29, 1.82) is 0 Å². The standard InChI is InChI=1S/C15H22O2/c1-16-14-9-5-6-10-15(14)17-12-11-13-7-3-2-4-8-13/h2-4,7-8,14-15H,5-6,9-12H2,1H3/t14-,15+/m0/s1. The summed E-state index contributed by atoms with van der Waals surface area (Å²) in [6.45, 7) is 0.800. The second kappa shape index (κ2) is 6.77. The highest BCUT2D eigenvalue weighted by Crippen LogP contribution is 2.23. The van der Waals surface area contributed by atoms with Crippen molar-refractivity contribution >= 4 is 0 Å². The first-order valence-electron chi connectivity index (χ1n) is 6.58. The van der Waals surface area contributed by atoms with Crippen LogP contribution in [0.1, 0.15) is 31.2 Å². The van der Waals surface area contributed by atoms with E-state index >= 15 is 0 Å². The van der Waals surface area contributed by atoms with Gasteiger partial charge in [0.05, 0.1) is 18.8 Å². The molecule has 0 unspecified atom stereocenters. The van der Waals surface area contributed by atoms with Crippen molar-refractivity contribution in [2.45, 2.75) is 44.3 Å². The molecule has 1 aromatic carbocycles. The summed E-state index contributed by atoms with van der Waals surface area (Å²) in [5, 5.41) is 0. The lowest BCUT2D eigenvalue weighted by atomic mass is 9.94. The van der Waals surface area contributed by atoms with Gasteiger partial charge in [0.15, 0.2) is 0 Å². The monoisotopic (exact) mass is 234 g/mol. The van der Waals surface area contributed by atoms with Crippen LogP contribution in [0, 0.1) is 0 Å². The van der Waals surface area contributed by atoms with E-state index in [9.17, 15) is 0 Å². The van der Waals surface area contributed by atoms with Gasteiger partial charge >= 0.3 is 0 Å². The van der Waals surface area contributed by atoms with E-state index < -0.39 is 0 Å². The highest BCUT2D eigenvalue weighted by Gasteiger charge is 2.25. The maximum Gasteiger partial charge on any atom is 0.0836 e. The molecule has 1 aromatic rings. The molecule has 0 saturated heterocycles. The van der Waals surface area contributed by atoms with Crippen molar-refractivity contribution in [2.75, 3.05) is 13.7 Å². The van der Waals surface area contributed by atoms with Gasteiger partial charge in [0.25, 0.3) is 0 Å². The third-order valence-corrected chi connectivity index (χ3v) is 3.51. The minimum Gasteiger partial charge on any atom is -0.379 e. The fourth-order valence-electron chi connectivity index (χ4n) is 2.50. The number of methoxy groups -OCH3 is 1. The molecule has 0 amide bonds. The van der Waals surface area contributed by atoms with Gasteiger partial charge in [-0.25, -0.2) is 0 Å². The summed E-state index contributed by atoms with van der Waals surface area (Å²) in [7, 11) is 1.80. The van der Waals surface area contributed by atoms with Crippen LogP contribution in [0.25, 0.3) is 0 Å². The Morgan fingerprint density at radius 3 is 2.47 bits per heavy atom. The van der Waals surface area contributed by atoms with Gasteiger partial charge in [-0.1, -0.05) is 43.2 Å². The van der Waals surface area contributed by atoms with Gasteiger partial charge in [0.1, 0.15) is 0 Å². The van der Waals surface area contributed by atoms with Gasteiger partial charge in [-0.2, -0.15) is 0 Å². The minimum atomic E-state index is 0.303. The molecule has 0 aliphatic heterocycles. The smallest absolute Gasteiger partial charge is 0.0836 e. The SMILES string of the molecule is CO[C@H]1CCCC[C@H]1OCCc1ccccc1. The fourth-order valence-corrected chi connectivity index (χ4v) is 2.50. The van der Waals surface area contributed by atoms with Crippen molar-refractivity contribution in [2.24, 2.45) is 0 Å². The first-order chi connectivity index (χ1) is 8.40. The topological polar surface area (TPSA) is 18.5 Å². The Morgan fingerprint density at radius 2 is 1.76 bits per heavy atom. The summed E-state index contributed by atoms with van der Waals surface area (Å²) >= 11 is 0. The van der Waals surface area contributed by atoms with E-state index in [-0.39, 0.29) is 0 Å². The first kappa shape index (κ1) is 12.6. The Hall–Kier alpha value is -0.860. The Kier molecular flexibility index (Phi) is 5.02. The average Bonchev–Trinajstić information content (AvgIpc) is 2.40. The maximum atomic E-state index is 5.97. The summed E-state index contributed by atoms with van der Waals surface area (Å²) < 4.78 is 11.4. The molecule has 2 rings (SSSR count). The molecule has 1 saturated carbocycles. The molecule has 0 bridgehead atoms. The van der Waals surface area contributed by atoms with Crippen LogP contribution in [0.3, 0.4) is 0 Å². The van der Waals surface area contributed by atoms with E-state index in [4.69, 9.17) is 9.47 Å². The molecule has 2 nitrogen and oxygen atoms in total. The molecule has 17 heavy (non-hydrogen) atoms. The quantitative estimate of drug-likeness (QED) is 0.779. The second-order valence-electron chi connectivity index (χ2n) is 4.70. The number of hydrogen-bond acceptors (Lipinski definition) is 2. The van der Waals surface area contributed by atoms with Crippen LogP contribution < -0.4 is 0 Å². The van der Waals surface area contributed by atoms with Crippen LogP contribution >= 0.6 is 0 Å². The zero-order valence-corrected chi connectivity index (χ0v) is 10.6. The lowest BCUT2D eigenvalue weighted by Crippen LogP contribution is -2.34. The number of ether oxygens (including phenoxy) is 2. The van der Waals surface area contributed by atoms with Crippen LogP contribution in [0.15, 0.2) is 30.3 Å². The summed E-state index contributed by atoms with van der Waals surface area (Å²) in [5.41, 5.74) is 1.34. The molecule has 0 heterocycles. The molecule has 1 aliphatic rings. The largest absolute Gasteiger partial charge is 0.379 e. The Morgan fingerprint density at radius 1 is 1.06 bits per heavy atom. The molecular formula is C15H22O2. The lowest BCUT2D eigenvalue weighted by molar-refractivity contribution is -0.0756. The van der Waals surface area contributed by atoms with Gasteiger partial charge in [-0.3, -0.25) is 0 Å². The molecule has 0 spiro atoms. The van der Waals surface area contributed by atoms with E-state index in [0.29, 0.717) is 12.2 Å². The maximum absolute atomic E-state index is 5.97. The predicted molar refractivity (Wildman–Crippen MR) is 69.2 cm³/mol. The Bertz CT molecular complexity index is 310. The highest BCUT2D eigenvalue weighted by molar-refractivity contribution is 5.14. The average molecular weight is 234 g/mol. The Balaban J connectivity index is 1.74. The number of hydrogen-bond donors (Lipinski definition) is 0. The van der Waals surface area contributed by atoms with E-state index in [2.05, 4.69) is 24.3 Å². The fraction of sp³-hybridized carbons (Fsp3) is 0.600. The summed E-state index contributed by atoms with van der Waals surface area (Å²) in [6.07, 6.45) is 6.44. The van der Waals surface area contributed by atoms with Gasteiger partial charge in [0, 0.05) is 7.11 Å². The second-order valence-corrected chi connectivity index (χ2v) is 4.70. The molecule has 1 aliphatic carbocycles. The van der Waals surface area contributed by atoms with Crippen LogP contribution in [-0.4, -0.2) is 25.9 Å². The molecular weight excluding hydrogens is 212 g/mol. The van der Waals surface area contributed by atoms with Crippen LogP contribution in [0.4, 0.5) is 0 Å². The molecule has 94 valence electrons. The van der Waals surface area contributed by atoms with Crippen LogP contribution in [-0.2, 0) is 15.9 Å². The van der Waals surface area contributed by atoms with Crippen LogP contribution in [0.2, 0.25) is 0 Å². The minimum absolute atomic E-state index is 0.303. The van der Waals surface area contributed by atoms with Gasteiger partial charge in [-0.15, -0.1) is 0 Å². The molecule has 1 fully saturated rings. The Labute approximate surface area is 104 Å². The third kappa shape index (κ3) is 3.83. The number of rotatable bonds is 5. The van der Waals surface area contributed by atoms with Crippen molar-refractivity contribution in [1.82, 2.24) is 0 Å². The normalized spacial score (nSPS) is 24.8. The number of benzene rings is 1. The van der Waals surface area contributed by atoms with E-state index in [0.717, 1.165) is 25.9 Å².